The number of carbonyl (C=O) groups excluding carboxylic acids is 2. The van der Waals surface area contributed by atoms with E-state index in [1.54, 1.807) is 18.2 Å². The molecule has 0 aliphatic heterocycles. The number of halogens is 1. The Balaban J connectivity index is 2.94. The van der Waals surface area contributed by atoms with Gasteiger partial charge in [0.15, 0.2) is 0 Å². The van der Waals surface area contributed by atoms with Gasteiger partial charge in [0.05, 0.1) is 23.4 Å². The van der Waals surface area contributed by atoms with E-state index >= 15 is 0 Å². The monoisotopic (exact) mass is 284 g/mol. The van der Waals surface area contributed by atoms with Crippen molar-refractivity contribution in [3.05, 3.63) is 28.8 Å². The van der Waals surface area contributed by atoms with Gasteiger partial charge in [-0.05, 0) is 18.1 Å². The molecule has 0 spiro atoms. The van der Waals surface area contributed by atoms with Gasteiger partial charge in [0.2, 0.25) is 0 Å². The summed E-state index contributed by atoms with van der Waals surface area (Å²) in [6.45, 7) is 3.62. The highest BCUT2D eigenvalue weighted by Crippen LogP contribution is 2.23. The Bertz CT molecular complexity index is 489. The molecule has 0 heterocycles. The minimum absolute atomic E-state index is 0.101. The summed E-state index contributed by atoms with van der Waals surface area (Å²) in [6, 6.07) is 4.04. The van der Waals surface area contributed by atoms with Crippen LogP contribution in [0.25, 0.3) is 0 Å². The minimum atomic E-state index is -0.727. The lowest BCUT2D eigenvalue weighted by atomic mass is 10.0. The highest BCUT2D eigenvalue weighted by molar-refractivity contribution is 6.36. The number of benzene rings is 1. The van der Waals surface area contributed by atoms with Crippen LogP contribution in [0.2, 0.25) is 5.02 Å². The summed E-state index contributed by atoms with van der Waals surface area (Å²) in [7, 11) is 1.28. The van der Waals surface area contributed by atoms with Crippen LogP contribution in [-0.2, 0) is 9.53 Å². The van der Waals surface area contributed by atoms with Crippen LogP contribution < -0.4 is 11.1 Å². The summed E-state index contributed by atoms with van der Waals surface area (Å²) in [5, 5.41) is 2.77. The van der Waals surface area contributed by atoms with Crippen molar-refractivity contribution in [3.63, 3.8) is 0 Å². The molecular weight excluding hydrogens is 268 g/mol. The Labute approximate surface area is 117 Å². The number of nitrogens with one attached hydrogen (secondary N) is 1. The van der Waals surface area contributed by atoms with Gasteiger partial charge in [-0.3, -0.25) is 4.79 Å². The lowest BCUT2D eigenvalue weighted by Gasteiger charge is -2.20. The zero-order valence-corrected chi connectivity index (χ0v) is 11.8. The normalized spacial score (nSPS) is 12.1. The van der Waals surface area contributed by atoms with E-state index in [-0.39, 0.29) is 16.5 Å². The van der Waals surface area contributed by atoms with Crippen LogP contribution in [0.4, 0.5) is 5.69 Å². The van der Waals surface area contributed by atoms with Gasteiger partial charge in [-0.2, -0.15) is 0 Å². The highest BCUT2D eigenvalue weighted by Gasteiger charge is 2.26. The van der Waals surface area contributed by atoms with Gasteiger partial charge in [-0.25, -0.2) is 4.79 Å². The lowest BCUT2D eigenvalue weighted by Crippen LogP contribution is -2.45. The average Bonchev–Trinajstić information content (AvgIpc) is 2.37. The van der Waals surface area contributed by atoms with Gasteiger partial charge >= 0.3 is 5.97 Å². The van der Waals surface area contributed by atoms with Gasteiger partial charge in [-0.1, -0.05) is 31.5 Å². The van der Waals surface area contributed by atoms with Crippen molar-refractivity contribution in [2.45, 2.75) is 19.9 Å². The maximum atomic E-state index is 12.1. The van der Waals surface area contributed by atoms with Crippen LogP contribution in [0.15, 0.2) is 18.2 Å². The molecule has 6 heteroatoms. The lowest BCUT2D eigenvalue weighted by molar-refractivity contribution is -0.144. The predicted molar refractivity (Wildman–Crippen MR) is 74.0 cm³/mol. The Kier molecular flexibility index (Phi) is 5.18. The molecule has 1 aromatic rings. The Morgan fingerprint density at radius 3 is 2.53 bits per heavy atom. The third-order valence-electron chi connectivity index (χ3n) is 2.68. The second kappa shape index (κ2) is 6.43. The molecule has 1 unspecified atom stereocenters. The number of anilines is 1. The first kappa shape index (κ1) is 15.3. The van der Waals surface area contributed by atoms with Crippen LogP contribution in [0.5, 0.6) is 0 Å². The van der Waals surface area contributed by atoms with Crippen molar-refractivity contribution in [2.24, 2.45) is 5.92 Å². The number of hydrogen-bond acceptors (Lipinski definition) is 4. The van der Waals surface area contributed by atoms with Crippen molar-refractivity contribution in [1.29, 1.82) is 0 Å². The van der Waals surface area contributed by atoms with Gasteiger partial charge < -0.3 is 15.8 Å². The molecule has 0 aliphatic rings. The van der Waals surface area contributed by atoms with Crippen molar-refractivity contribution < 1.29 is 14.3 Å². The van der Waals surface area contributed by atoms with Crippen LogP contribution >= 0.6 is 11.6 Å². The maximum absolute atomic E-state index is 12.1. The summed E-state index contributed by atoms with van der Waals surface area (Å²) in [6.07, 6.45) is 0. The molecule has 1 amide bonds. The van der Waals surface area contributed by atoms with Gasteiger partial charge in [0, 0.05) is 0 Å². The van der Waals surface area contributed by atoms with E-state index in [0.29, 0.717) is 5.69 Å². The van der Waals surface area contributed by atoms with Crippen molar-refractivity contribution in [1.82, 2.24) is 5.32 Å². The highest BCUT2D eigenvalue weighted by atomic mass is 35.5. The van der Waals surface area contributed by atoms with E-state index < -0.39 is 17.9 Å². The van der Waals surface area contributed by atoms with Crippen LogP contribution in [-0.4, -0.2) is 25.0 Å². The van der Waals surface area contributed by atoms with Gasteiger partial charge in [0.25, 0.3) is 5.91 Å². The fourth-order valence-electron chi connectivity index (χ4n) is 1.57. The number of methoxy groups -OCH3 is 1. The zero-order valence-electron chi connectivity index (χ0n) is 11.1. The summed E-state index contributed by atoms with van der Waals surface area (Å²) in [5.41, 5.74) is 6.18. The molecule has 19 heavy (non-hydrogen) atoms. The molecule has 104 valence electrons. The summed E-state index contributed by atoms with van der Waals surface area (Å²) in [5.74, 6) is -1.05. The Morgan fingerprint density at radius 2 is 2.00 bits per heavy atom. The molecule has 1 rings (SSSR count). The molecule has 0 aliphatic carbocycles. The molecular formula is C13H17ClN2O3. The predicted octanol–water partition coefficient (Wildman–Crippen LogP) is 1.85. The largest absolute Gasteiger partial charge is 0.467 e. The number of esters is 1. The fourth-order valence-corrected chi connectivity index (χ4v) is 1.78. The van der Waals surface area contributed by atoms with Crippen molar-refractivity contribution in [3.8, 4) is 0 Å². The third-order valence-corrected chi connectivity index (χ3v) is 3.10. The van der Waals surface area contributed by atoms with E-state index in [9.17, 15) is 9.59 Å². The molecule has 0 saturated carbocycles. The molecule has 3 N–H and O–H groups in total. The molecule has 0 saturated heterocycles. The Hall–Kier alpha value is -1.75. The molecule has 1 aromatic carbocycles. The minimum Gasteiger partial charge on any atom is -0.467 e. The van der Waals surface area contributed by atoms with E-state index in [1.165, 1.54) is 7.11 Å². The summed E-state index contributed by atoms with van der Waals surface area (Å²) in [4.78, 5) is 23.7. The number of nitrogen functional groups attached to an aromatic ring is 1. The Morgan fingerprint density at radius 1 is 1.37 bits per heavy atom. The summed E-state index contributed by atoms with van der Waals surface area (Å²) >= 11 is 5.96. The first-order valence-corrected chi connectivity index (χ1v) is 6.19. The van der Waals surface area contributed by atoms with Crippen LogP contribution in [0, 0.1) is 5.92 Å². The SMILES string of the molecule is COC(=O)C(NC(=O)c1cccc(N)c1Cl)C(C)C. The summed E-state index contributed by atoms with van der Waals surface area (Å²) < 4.78 is 4.65. The van der Waals surface area contributed by atoms with Crippen molar-refractivity contribution in [2.75, 3.05) is 12.8 Å². The number of hydrogen-bond donors (Lipinski definition) is 2. The number of nitrogens with two attached hydrogens (primary N) is 1. The quantitative estimate of drug-likeness (QED) is 0.653. The van der Waals surface area contributed by atoms with E-state index in [1.807, 2.05) is 13.8 Å². The van der Waals surface area contributed by atoms with Crippen LogP contribution in [0.1, 0.15) is 24.2 Å². The van der Waals surface area contributed by atoms with E-state index in [4.69, 9.17) is 17.3 Å². The number of amides is 1. The number of rotatable bonds is 4. The molecule has 0 bridgehead atoms. The molecule has 5 nitrogen and oxygen atoms in total. The molecule has 1 atom stereocenters. The zero-order chi connectivity index (χ0) is 14.6. The average molecular weight is 285 g/mol. The van der Waals surface area contributed by atoms with E-state index in [2.05, 4.69) is 10.1 Å². The second-order valence-electron chi connectivity index (χ2n) is 4.43. The topological polar surface area (TPSA) is 81.4 Å². The number of ether oxygens (including phenoxy) is 1. The molecule has 0 radical (unpaired) electrons. The third kappa shape index (κ3) is 3.61. The van der Waals surface area contributed by atoms with Crippen molar-refractivity contribution >= 4 is 29.2 Å². The second-order valence-corrected chi connectivity index (χ2v) is 4.81. The first-order valence-electron chi connectivity index (χ1n) is 5.81. The molecule has 0 fully saturated rings. The smallest absolute Gasteiger partial charge is 0.328 e. The standard InChI is InChI=1S/C13H17ClN2O3/c1-7(2)11(13(18)19-3)16-12(17)8-5-4-6-9(15)10(8)14/h4-7,11H,15H2,1-3H3,(H,16,17). The molecule has 0 aromatic heterocycles. The fraction of sp³-hybridized carbons (Fsp3) is 0.385. The number of carbonyl (C=O) groups is 2. The van der Waals surface area contributed by atoms with Gasteiger partial charge in [-0.15, -0.1) is 0 Å². The van der Waals surface area contributed by atoms with Gasteiger partial charge in [0.1, 0.15) is 6.04 Å². The first-order chi connectivity index (χ1) is 8.88. The maximum Gasteiger partial charge on any atom is 0.328 e. The van der Waals surface area contributed by atoms with E-state index in [0.717, 1.165) is 0 Å². The van der Waals surface area contributed by atoms with Crippen LogP contribution in [0.3, 0.4) is 0 Å².